The highest BCUT2D eigenvalue weighted by molar-refractivity contribution is 6.04. The molecule has 172 valence electrons. The average Bonchev–Trinajstić information content (AvgIpc) is 2.82. The third-order valence-corrected chi connectivity index (χ3v) is 6.71. The summed E-state index contributed by atoms with van der Waals surface area (Å²) < 4.78 is 1.63. The molecule has 33 heavy (non-hydrogen) atoms. The van der Waals surface area contributed by atoms with Crippen molar-refractivity contribution in [1.82, 2.24) is 19.9 Å². The topological polar surface area (TPSA) is 104 Å². The van der Waals surface area contributed by atoms with E-state index in [0.717, 1.165) is 53.5 Å². The van der Waals surface area contributed by atoms with Crippen LogP contribution < -0.4 is 10.9 Å². The zero-order chi connectivity index (χ0) is 23.5. The summed E-state index contributed by atoms with van der Waals surface area (Å²) in [5.41, 5.74) is 5.76. The first-order valence-electron chi connectivity index (χ1n) is 11.5. The summed E-state index contributed by atoms with van der Waals surface area (Å²) in [5, 5.41) is 22.0. The van der Waals surface area contributed by atoms with Gasteiger partial charge in [-0.3, -0.25) is 19.8 Å². The minimum Gasteiger partial charge on any atom is -0.394 e. The summed E-state index contributed by atoms with van der Waals surface area (Å²) in [6, 6.07) is 5.56. The van der Waals surface area contributed by atoms with E-state index in [4.69, 9.17) is 5.41 Å². The summed E-state index contributed by atoms with van der Waals surface area (Å²) in [6.45, 7) is 4.06. The number of aliphatic hydroxyl groups is 1. The number of aliphatic hydroxyl groups excluding tert-OH is 1. The van der Waals surface area contributed by atoms with Crippen molar-refractivity contribution in [2.24, 2.45) is 0 Å². The van der Waals surface area contributed by atoms with Gasteiger partial charge in [-0.05, 0) is 79.8 Å². The van der Waals surface area contributed by atoms with E-state index in [1.807, 2.05) is 25.1 Å². The van der Waals surface area contributed by atoms with Gasteiger partial charge in [0.1, 0.15) is 0 Å². The van der Waals surface area contributed by atoms with Crippen LogP contribution in [0.15, 0.2) is 47.8 Å². The van der Waals surface area contributed by atoms with E-state index in [9.17, 15) is 9.90 Å². The predicted molar refractivity (Wildman–Crippen MR) is 131 cm³/mol. The van der Waals surface area contributed by atoms with Crippen LogP contribution in [0.3, 0.4) is 0 Å². The van der Waals surface area contributed by atoms with Gasteiger partial charge in [0.25, 0.3) is 5.56 Å². The van der Waals surface area contributed by atoms with Crippen molar-refractivity contribution in [3.63, 3.8) is 0 Å². The molecule has 0 amide bonds. The normalized spacial score (nSPS) is 18.7. The second-order valence-corrected chi connectivity index (χ2v) is 8.82. The van der Waals surface area contributed by atoms with Gasteiger partial charge < -0.3 is 10.4 Å². The van der Waals surface area contributed by atoms with E-state index in [-0.39, 0.29) is 11.6 Å². The number of benzene rings is 1. The van der Waals surface area contributed by atoms with Crippen molar-refractivity contribution < 1.29 is 5.11 Å². The van der Waals surface area contributed by atoms with Gasteiger partial charge in [-0.15, -0.1) is 0 Å². The number of aromatic nitrogens is 3. The molecular weight excluding hydrogens is 414 g/mol. The van der Waals surface area contributed by atoms with Gasteiger partial charge in [0.2, 0.25) is 0 Å². The Morgan fingerprint density at radius 1 is 1.24 bits per heavy atom. The molecule has 7 nitrogen and oxygen atoms in total. The molecule has 1 aliphatic carbocycles. The molecule has 2 atom stereocenters. The van der Waals surface area contributed by atoms with Crippen molar-refractivity contribution in [2.45, 2.75) is 58.1 Å². The van der Waals surface area contributed by atoms with E-state index in [1.165, 1.54) is 0 Å². The van der Waals surface area contributed by atoms with Gasteiger partial charge in [0.15, 0.2) is 0 Å². The largest absolute Gasteiger partial charge is 0.394 e. The second-order valence-electron chi connectivity index (χ2n) is 8.82. The average molecular weight is 446 g/mol. The monoisotopic (exact) mass is 445 g/mol. The van der Waals surface area contributed by atoms with E-state index in [1.54, 1.807) is 36.4 Å². The number of aryl methyl sites for hydroxylation is 1. The molecule has 1 fully saturated rings. The maximum Gasteiger partial charge on any atom is 0.261 e. The van der Waals surface area contributed by atoms with E-state index < -0.39 is 6.10 Å². The molecule has 0 radical (unpaired) electrons. The van der Waals surface area contributed by atoms with Crippen LogP contribution in [0.2, 0.25) is 0 Å². The van der Waals surface area contributed by atoms with Crippen molar-refractivity contribution in [1.29, 1.82) is 5.41 Å². The minimum absolute atomic E-state index is 0.0893. The van der Waals surface area contributed by atoms with Crippen LogP contribution in [0.1, 0.15) is 59.7 Å². The Hall–Kier alpha value is -3.32. The highest BCUT2D eigenvalue weighted by Crippen LogP contribution is 2.29. The fourth-order valence-electron chi connectivity index (χ4n) is 4.61. The summed E-state index contributed by atoms with van der Waals surface area (Å²) in [5.74, 6) is 0. The number of hydrogen-bond acceptors (Lipinski definition) is 6. The molecule has 0 unspecified atom stereocenters. The molecule has 0 bridgehead atoms. The lowest BCUT2D eigenvalue weighted by atomic mass is 9.92. The lowest BCUT2D eigenvalue weighted by Crippen LogP contribution is -2.34. The van der Waals surface area contributed by atoms with Crippen molar-refractivity contribution >= 4 is 16.6 Å². The predicted octanol–water partition coefficient (Wildman–Crippen LogP) is 3.58. The first kappa shape index (κ1) is 22.9. The Morgan fingerprint density at radius 3 is 2.73 bits per heavy atom. The standard InChI is InChI=1S/C26H31N5O2/c1-16-17(2)25-20(26(33)31(15-30-25)23-6-4-5-7-24(23)32)13-19(16)12-18-8-9-22(29-14-18)21(27)10-11-28-3/h8-11,13-15,23-24,27-28,32H,4-7,12H2,1-3H3/b11-10-,27-21?/t23-,24-/m0/s1. The molecule has 1 saturated carbocycles. The number of pyridine rings is 1. The Labute approximate surface area is 193 Å². The number of nitrogens with zero attached hydrogens (tertiary/aromatic N) is 3. The Morgan fingerprint density at radius 2 is 2.03 bits per heavy atom. The van der Waals surface area contributed by atoms with Gasteiger partial charge in [-0.1, -0.05) is 18.9 Å². The Kier molecular flexibility index (Phi) is 6.70. The van der Waals surface area contributed by atoms with Crippen LogP contribution >= 0.6 is 0 Å². The zero-order valence-electron chi connectivity index (χ0n) is 19.4. The van der Waals surface area contributed by atoms with Crippen LogP contribution in [0.4, 0.5) is 0 Å². The SMILES string of the molecule is CN/C=C\C(=N)c1ccc(Cc2cc3c(=O)n([C@H]4CCCC[C@@H]4O)cnc3c(C)c2C)cn1. The van der Waals surface area contributed by atoms with Gasteiger partial charge in [0, 0.05) is 13.2 Å². The molecule has 3 aromatic rings. The maximum absolute atomic E-state index is 13.4. The number of nitrogens with one attached hydrogen (secondary N) is 2. The number of rotatable bonds is 6. The quantitative estimate of drug-likeness (QED) is 0.503. The summed E-state index contributed by atoms with van der Waals surface area (Å²) >= 11 is 0. The van der Waals surface area contributed by atoms with Crippen molar-refractivity contribution in [3.8, 4) is 0 Å². The molecule has 3 N–H and O–H groups in total. The molecule has 2 aromatic heterocycles. The second kappa shape index (κ2) is 9.67. The molecule has 7 heteroatoms. The van der Waals surface area contributed by atoms with Crippen LogP contribution in [0, 0.1) is 19.3 Å². The summed E-state index contributed by atoms with van der Waals surface area (Å²) in [6.07, 6.45) is 10.4. The first-order valence-corrected chi connectivity index (χ1v) is 11.5. The third-order valence-electron chi connectivity index (χ3n) is 6.71. The molecule has 0 spiro atoms. The lowest BCUT2D eigenvalue weighted by Gasteiger charge is -2.29. The fourth-order valence-corrected chi connectivity index (χ4v) is 4.61. The van der Waals surface area contributed by atoms with Gasteiger partial charge in [0.05, 0.1) is 40.8 Å². The molecule has 1 aromatic carbocycles. The highest BCUT2D eigenvalue weighted by atomic mass is 16.3. The van der Waals surface area contributed by atoms with Gasteiger partial charge >= 0.3 is 0 Å². The lowest BCUT2D eigenvalue weighted by molar-refractivity contribution is 0.0735. The summed E-state index contributed by atoms with van der Waals surface area (Å²) in [7, 11) is 1.79. The van der Waals surface area contributed by atoms with Crippen molar-refractivity contribution in [2.75, 3.05) is 7.05 Å². The minimum atomic E-state index is -0.506. The Bertz CT molecular complexity index is 1260. The van der Waals surface area contributed by atoms with Crippen molar-refractivity contribution in [3.05, 3.63) is 81.3 Å². The molecule has 0 saturated heterocycles. The molecule has 0 aliphatic heterocycles. The number of hydrogen-bond donors (Lipinski definition) is 3. The molecule has 1 aliphatic rings. The number of fused-ring (bicyclic) bond motifs is 1. The highest BCUT2D eigenvalue weighted by Gasteiger charge is 2.26. The van der Waals surface area contributed by atoms with Gasteiger partial charge in [-0.25, -0.2) is 4.98 Å². The van der Waals surface area contributed by atoms with Crippen LogP contribution in [-0.4, -0.2) is 38.5 Å². The van der Waals surface area contributed by atoms with Gasteiger partial charge in [-0.2, -0.15) is 0 Å². The summed E-state index contributed by atoms with van der Waals surface area (Å²) in [4.78, 5) is 22.5. The van der Waals surface area contributed by atoms with Crippen LogP contribution in [0.5, 0.6) is 0 Å². The van der Waals surface area contributed by atoms with E-state index in [2.05, 4.69) is 22.2 Å². The first-order chi connectivity index (χ1) is 15.9. The molecule has 2 heterocycles. The number of allylic oxidation sites excluding steroid dienone is 1. The van der Waals surface area contributed by atoms with E-state index >= 15 is 0 Å². The molecule has 4 rings (SSSR count). The third kappa shape index (κ3) is 4.59. The van der Waals surface area contributed by atoms with Crippen LogP contribution in [-0.2, 0) is 6.42 Å². The van der Waals surface area contributed by atoms with Crippen LogP contribution in [0.25, 0.3) is 10.9 Å². The molecular formula is C26H31N5O2. The smallest absolute Gasteiger partial charge is 0.261 e. The fraction of sp³-hybridized carbons (Fsp3) is 0.385. The van der Waals surface area contributed by atoms with E-state index in [0.29, 0.717) is 23.2 Å². The maximum atomic E-state index is 13.4. The Balaban J connectivity index is 1.69. The zero-order valence-corrected chi connectivity index (χ0v) is 19.4.